The number of likely N-dealkylation sites (tertiary alicyclic amines) is 1. The molecule has 1 aliphatic heterocycles. The average Bonchev–Trinajstić information content (AvgIpc) is 2.59. The van der Waals surface area contributed by atoms with Crippen molar-refractivity contribution < 1.29 is 31.6 Å². The van der Waals surface area contributed by atoms with Gasteiger partial charge in [-0.15, -0.1) is 0 Å². The highest BCUT2D eigenvalue weighted by Crippen LogP contribution is 2.25. The first kappa shape index (κ1) is 23.2. The molecular weight excluding hydrogens is 403 g/mol. The van der Waals surface area contributed by atoms with Crippen LogP contribution < -0.4 is 9.46 Å². The van der Waals surface area contributed by atoms with Crippen LogP contribution >= 0.6 is 0 Å². The molecule has 0 unspecified atom stereocenters. The Morgan fingerprint density at radius 3 is 2.52 bits per heavy atom. The minimum absolute atomic E-state index is 0.270. The highest BCUT2D eigenvalue weighted by molar-refractivity contribution is 7.87. The second-order valence-corrected chi connectivity index (χ2v) is 9.27. The van der Waals surface area contributed by atoms with Crippen molar-refractivity contribution in [1.82, 2.24) is 4.90 Å². The molecule has 0 bridgehead atoms. The van der Waals surface area contributed by atoms with Crippen molar-refractivity contribution in [1.29, 1.82) is 0 Å². The van der Waals surface area contributed by atoms with E-state index in [-0.39, 0.29) is 17.5 Å². The first-order chi connectivity index (χ1) is 13.4. The van der Waals surface area contributed by atoms with Crippen LogP contribution in [0.3, 0.4) is 0 Å². The van der Waals surface area contributed by atoms with E-state index in [9.17, 15) is 17.6 Å². The third-order valence-electron chi connectivity index (χ3n) is 4.47. The Balaban J connectivity index is 1.69. The quantitative estimate of drug-likeness (QED) is 0.501. The summed E-state index contributed by atoms with van der Waals surface area (Å²) in [6, 6.07) is 3.67. The minimum atomic E-state index is -4.53. The van der Waals surface area contributed by atoms with Crippen LogP contribution in [0.15, 0.2) is 18.2 Å². The van der Waals surface area contributed by atoms with Gasteiger partial charge >= 0.3 is 16.4 Å². The number of hydrogen-bond acceptors (Lipinski definition) is 5. The number of piperidine rings is 1. The second kappa shape index (κ2) is 9.62. The van der Waals surface area contributed by atoms with Crippen LogP contribution in [-0.2, 0) is 15.0 Å². The van der Waals surface area contributed by atoms with Gasteiger partial charge in [-0.2, -0.15) is 8.42 Å². The molecule has 1 saturated heterocycles. The summed E-state index contributed by atoms with van der Waals surface area (Å²) in [6.45, 7) is 7.30. The van der Waals surface area contributed by atoms with Gasteiger partial charge < -0.3 is 14.4 Å². The van der Waals surface area contributed by atoms with Crippen molar-refractivity contribution in [2.45, 2.75) is 52.1 Å². The van der Waals surface area contributed by atoms with Gasteiger partial charge in [0.1, 0.15) is 11.4 Å². The van der Waals surface area contributed by atoms with E-state index in [0.29, 0.717) is 25.6 Å². The number of nitrogens with zero attached hydrogens (tertiary/aromatic N) is 1. The molecule has 10 heteroatoms. The molecule has 0 aliphatic carbocycles. The summed E-state index contributed by atoms with van der Waals surface area (Å²) >= 11 is 0. The summed E-state index contributed by atoms with van der Waals surface area (Å²) in [5.74, 6) is -0.0619. The fourth-order valence-electron chi connectivity index (χ4n) is 3.10. The number of anilines is 1. The van der Waals surface area contributed by atoms with Crippen LogP contribution in [0.4, 0.5) is 14.9 Å². The van der Waals surface area contributed by atoms with E-state index >= 15 is 0 Å². The van der Waals surface area contributed by atoms with E-state index in [1.165, 1.54) is 12.1 Å². The number of carbonyl (C=O) groups is 1. The van der Waals surface area contributed by atoms with E-state index in [1.54, 1.807) is 9.62 Å². The van der Waals surface area contributed by atoms with Gasteiger partial charge in [0.15, 0.2) is 5.82 Å². The molecule has 1 aromatic rings. The van der Waals surface area contributed by atoms with Crippen LogP contribution in [0, 0.1) is 11.7 Å². The summed E-state index contributed by atoms with van der Waals surface area (Å²) in [5, 5.41) is 0. The van der Waals surface area contributed by atoms with Crippen LogP contribution in [-0.4, -0.2) is 49.3 Å². The predicted molar refractivity (Wildman–Crippen MR) is 107 cm³/mol. The molecular formula is C19H29FN2O6S. The van der Waals surface area contributed by atoms with Gasteiger partial charge in [-0.3, -0.25) is 9.27 Å². The zero-order chi connectivity index (χ0) is 21.7. The molecule has 8 nitrogen and oxygen atoms in total. The highest BCUT2D eigenvalue weighted by atomic mass is 32.2. The fourth-order valence-corrected chi connectivity index (χ4v) is 3.54. The summed E-state index contributed by atoms with van der Waals surface area (Å²) in [4.78, 5) is 13.8. The maximum absolute atomic E-state index is 13.8. The normalized spacial score (nSPS) is 15.8. The van der Waals surface area contributed by atoms with Gasteiger partial charge in [0.2, 0.25) is 0 Å². The van der Waals surface area contributed by atoms with Gasteiger partial charge in [0.25, 0.3) is 0 Å². The number of carbonyl (C=O) groups excluding carboxylic acids is 1. The molecule has 1 fully saturated rings. The Kier molecular flexibility index (Phi) is 7.70. The standard InChI is InChI=1S/C19H29FN2O6S/c1-19(2,3)28-18(23)22-10-8-14(9-11-22)5-4-12-27-15-6-7-17(16(20)13-15)21-29(24,25)26/h6-7,13-14,21H,4-5,8-12H2,1-3H3,(H,24,25,26). The van der Waals surface area contributed by atoms with E-state index in [2.05, 4.69) is 0 Å². The molecule has 0 radical (unpaired) electrons. The van der Waals surface area contributed by atoms with Crippen molar-refractivity contribution in [3.05, 3.63) is 24.0 Å². The van der Waals surface area contributed by atoms with Crippen molar-refractivity contribution in [2.75, 3.05) is 24.4 Å². The number of hydrogen-bond donors (Lipinski definition) is 2. The van der Waals surface area contributed by atoms with Crippen molar-refractivity contribution in [3.8, 4) is 5.75 Å². The number of ether oxygens (including phenoxy) is 2. The number of benzene rings is 1. The van der Waals surface area contributed by atoms with Crippen LogP contribution in [0.1, 0.15) is 46.5 Å². The fraction of sp³-hybridized carbons (Fsp3) is 0.632. The lowest BCUT2D eigenvalue weighted by Gasteiger charge is -2.33. The Morgan fingerprint density at radius 2 is 1.97 bits per heavy atom. The SMILES string of the molecule is CC(C)(C)OC(=O)N1CCC(CCCOc2ccc(NS(=O)(=O)O)c(F)c2)CC1. The molecule has 29 heavy (non-hydrogen) atoms. The largest absolute Gasteiger partial charge is 0.493 e. The number of amides is 1. The molecule has 1 aliphatic rings. The van der Waals surface area contributed by atoms with E-state index in [4.69, 9.17) is 14.0 Å². The number of rotatable bonds is 7. The average molecular weight is 433 g/mol. The lowest BCUT2D eigenvalue weighted by molar-refractivity contribution is 0.0179. The third kappa shape index (κ3) is 8.45. The Morgan fingerprint density at radius 1 is 1.31 bits per heavy atom. The maximum Gasteiger partial charge on any atom is 0.410 e. The summed E-state index contributed by atoms with van der Waals surface area (Å²) < 4.78 is 56.6. The molecule has 2 rings (SSSR count). The number of halogens is 1. The molecule has 0 saturated carbocycles. The molecule has 1 heterocycles. The highest BCUT2D eigenvalue weighted by Gasteiger charge is 2.26. The van der Waals surface area contributed by atoms with Gasteiger partial charge in [-0.25, -0.2) is 9.18 Å². The third-order valence-corrected chi connectivity index (χ3v) is 4.95. The lowest BCUT2D eigenvalue weighted by Crippen LogP contribution is -2.41. The van der Waals surface area contributed by atoms with E-state index < -0.39 is 21.7 Å². The monoisotopic (exact) mass is 432 g/mol. The van der Waals surface area contributed by atoms with Gasteiger partial charge in [0.05, 0.1) is 12.3 Å². The topological polar surface area (TPSA) is 105 Å². The first-order valence-corrected chi connectivity index (χ1v) is 11.0. The first-order valence-electron chi connectivity index (χ1n) is 9.58. The zero-order valence-corrected chi connectivity index (χ0v) is 17.8. The molecule has 0 aromatic heterocycles. The van der Waals surface area contributed by atoms with Crippen molar-refractivity contribution in [3.63, 3.8) is 0 Å². The molecule has 164 valence electrons. The van der Waals surface area contributed by atoms with Crippen molar-refractivity contribution >= 4 is 22.1 Å². The Bertz CT molecular complexity index is 801. The summed E-state index contributed by atoms with van der Waals surface area (Å²) in [7, 11) is -4.53. The zero-order valence-electron chi connectivity index (χ0n) is 17.0. The molecule has 1 amide bonds. The smallest absolute Gasteiger partial charge is 0.410 e. The molecule has 2 N–H and O–H groups in total. The predicted octanol–water partition coefficient (Wildman–Crippen LogP) is 3.85. The van der Waals surface area contributed by atoms with E-state index in [1.807, 2.05) is 20.8 Å². The van der Waals surface area contributed by atoms with Crippen molar-refractivity contribution in [2.24, 2.45) is 5.92 Å². The van der Waals surface area contributed by atoms with Gasteiger partial charge in [-0.1, -0.05) is 0 Å². The Hall–Kier alpha value is -2.07. The summed E-state index contributed by atoms with van der Waals surface area (Å²) in [5.41, 5.74) is -0.845. The minimum Gasteiger partial charge on any atom is -0.493 e. The maximum atomic E-state index is 13.8. The van der Waals surface area contributed by atoms with Crippen LogP contribution in [0.5, 0.6) is 5.75 Å². The van der Waals surface area contributed by atoms with Crippen LogP contribution in [0.25, 0.3) is 0 Å². The van der Waals surface area contributed by atoms with E-state index in [0.717, 1.165) is 31.7 Å². The Labute approximate surface area is 171 Å². The lowest BCUT2D eigenvalue weighted by atomic mass is 9.92. The van der Waals surface area contributed by atoms with Crippen LogP contribution in [0.2, 0.25) is 0 Å². The molecule has 0 spiro atoms. The van der Waals surface area contributed by atoms with Gasteiger partial charge in [0, 0.05) is 19.2 Å². The van der Waals surface area contributed by atoms with Gasteiger partial charge in [-0.05, 0) is 64.5 Å². The molecule has 1 aromatic carbocycles. The molecule has 0 atom stereocenters. The number of nitrogens with one attached hydrogen (secondary N) is 1. The second-order valence-electron chi connectivity index (χ2n) is 8.12. The summed E-state index contributed by atoms with van der Waals surface area (Å²) in [6.07, 6.45) is 3.26.